The van der Waals surface area contributed by atoms with Crippen molar-refractivity contribution >= 4 is 5.69 Å². The smallest absolute Gasteiger partial charge is 0.142 e. The molecule has 1 aliphatic heterocycles. The fourth-order valence-corrected chi connectivity index (χ4v) is 2.41. The van der Waals surface area contributed by atoms with Gasteiger partial charge in [-0.2, -0.15) is 0 Å². The summed E-state index contributed by atoms with van der Waals surface area (Å²) < 4.78 is 5.56. The first-order valence-electron chi connectivity index (χ1n) is 7.05. The second-order valence-corrected chi connectivity index (χ2v) is 5.08. The first-order valence-corrected chi connectivity index (χ1v) is 7.05. The van der Waals surface area contributed by atoms with Crippen LogP contribution in [-0.2, 0) is 6.54 Å². The zero-order valence-corrected chi connectivity index (χ0v) is 12.3. The summed E-state index contributed by atoms with van der Waals surface area (Å²) in [4.78, 5) is 4.78. The SMILES string of the molecule is CCNCc1ccc(N2CCN(C)CC2)c(OC)c1. The molecule has 106 valence electrons. The standard InChI is InChI=1S/C15H25N3O/c1-4-16-12-13-5-6-14(15(11-13)19-3)18-9-7-17(2)8-10-18/h5-6,11,16H,4,7-10,12H2,1-3H3. The molecule has 2 rings (SSSR count). The highest BCUT2D eigenvalue weighted by Crippen LogP contribution is 2.30. The summed E-state index contributed by atoms with van der Waals surface area (Å²) in [5.41, 5.74) is 2.49. The Balaban J connectivity index is 2.11. The Hall–Kier alpha value is -1.26. The van der Waals surface area contributed by atoms with Crippen LogP contribution in [0.15, 0.2) is 18.2 Å². The summed E-state index contributed by atoms with van der Waals surface area (Å²) in [6.45, 7) is 8.37. The Morgan fingerprint density at radius 1 is 1.21 bits per heavy atom. The summed E-state index contributed by atoms with van der Waals surface area (Å²) in [7, 11) is 3.93. The molecule has 1 aliphatic rings. The molecule has 0 aromatic heterocycles. The van der Waals surface area contributed by atoms with Crippen molar-refractivity contribution in [2.45, 2.75) is 13.5 Å². The third kappa shape index (κ3) is 3.61. The minimum Gasteiger partial charge on any atom is -0.495 e. The lowest BCUT2D eigenvalue weighted by molar-refractivity contribution is 0.311. The number of benzene rings is 1. The molecule has 0 saturated carbocycles. The molecule has 0 unspecified atom stereocenters. The third-order valence-electron chi connectivity index (χ3n) is 3.67. The van der Waals surface area contributed by atoms with E-state index in [1.54, 1.807) is 7.11 Å². The van der Waals surface area contributed by atoms with Crippen molar-refractivity contribution in [1.82, 2.24) is 10.2 Å². The topological polar surface area (TPSA) is 27.7 Å². The van der Waals surface area contributed by atoms with Gasteiger partial charge in [0.1, 0.15) is 5.75 Å². The number of anilines is 1. The third-order valence-corrected chi connectivity index (χ3v) is 3.67. The van der Waals surface area contributed by atoms with Crippen molar-refractivity contribution in [3.05, 3.63) is 23.8 Å². The van der Waals surface area contributed by atoms with Crippen molar-refractivity contribution in [2.24, 2.45) is 0 Å². The van der Waals surface area contributed by atoms with Crippen LogP contribution < -0.4 is 15.0 Å². The first-order chi connectivity index (χ1) is 9.24. The van der Waals surface area contributed by atoms with E-state index in [9.17, 15) is 0 Å². The van der Waals surface area contributed by atoms with Gasteiger partial charge < -0.3 is 19.9 Å². The number of nitrogens with zero attached hydrogens (tertiary/aromatic N) is 2. The highest BCUT2D eigenvalue weighted by Gasteiger charge is 2.17. The van der Waals surface area contributed by atoms with E-state index >= 15 is 0 Å². The molecule has 1 saturated heterocycles. The van der Waals surface area contributed by atoms with Gasteiger partial charge in [-0.05, 0) is 31.3 Å². The van der Waals surface area contributed by atoms with Gasteiger partial charge in [-0.3, -0.25) is 0 Å². The van der Waals surface area contributed by atoms with Crippen LogP contribution in [0, 0.1) is 0 Å². The van der Waals surface area contributed by atoms with Crippen molar-refractivity contribution in [3.63, 3.8) is 0 Å². The van der Waals surface area contributed by atoms with Crippen LogP contribution in [0.25, 0.3) is 0 Å². The number of hydrogen-bond donors (Lipinski definition) is 1. The molecule has 1 heterocycles. The summed E-state index contributed by atoms with van der Waals surface area (Å²) in [5, 5.41) is 3.34. The highest BCUT2D eigenvalue weighted by atomic mass is 16.5. The number of rotatable bonds is 5. The lowest BCUT2D eigenvalue weighted by Crippen LogP contribution is -2.44. The molecule has 1 N–H and O–H groups in total. The molecule has 0 spiro atoms. The molecule has 0 atom stereocenters. The maximum atomic E-state index is 5.56. The Morgan fingerprint density at radius 2 is 1.95 bits per heavy atom. The average Bonchev–Trinajstić information content (AvgIpc) is 2.46. The largest absolute Gasteiger partial charge is 0.495 e. The monoisotopic (exact) mass is 263 g/mol. The van der Waals surface area contributed by atoms with Crippen molar-refractivity contribution in [3.8, 4) is 5.75 Å². The summed E-state index contributed by atoms with van der Waals surface area (Å²) in [5.74, 6) is 0.986. The van der Waals surface area contributed by atoms with Gasteiger partial charge in [-0.25, -0.2) is 0 Å². The molecule has 4 heteroatoms. The van der Waals surface area contributed by atoms with Crippen LogP contribution >= 0.6 is 0 Å². The maximum absolute atomic E-state index is 5.56. The fourth-order valence-electron chi connectivity index (χ4n) is 2.41. The van der Waals surface area contributed by atoms with Gasteiger partial charge in [0.2, 0.25) is 0 Å². The number of likely N-dealkylation sites (N-methyl/N-ethyl adjacent to an activating group) is 1. The van der Waals surface area contributed by atoms with E-state index in [-0.39, 0.29) is 0 Å². The molecule has 0 amide bonds. The molecular formula is C15H25N3O. The molecule has 0 bridgehead atoms. The highest BCUT2D eigenvalue weighted by molar-refractivity contribution is 5.60. The van der Waals surface area contributed by atoms with Crippen LogP contribution in [-0.4, -0.2) is 51.8 Å². The van der Waals surface area contributed by atoms with E-state index in [2.05, 4.69) is 47.3 Å². The van der Waals surface area contributed by atoms with Crippen molar-refractivity contribution < 1.29 is 4.74 Å². The van der Waals surface area contributed by atoms with Crippen LogP contribution in [0.2, 0.25) is 0 Å². The lowest BCUT2D eigenvalue weighted by atomic mass is 10.1. The van der Waals surface area contributed by atoms with Crippen molar-refractivity contribution in [2.75, 3.05) is 51.8 Å². The Bertz CT molecular complexity index is 400. The van der Waals surface area contributed by atoms with Gasteiger partial charge in [0.15, 0.2) is 0 Å². The first kappa shape index (κ1) is 14.2. The maximum Gasteiger partial charge on any atom is 0.142 e. The molecule has 1 aromatic carbocycles. The minimum atomic E-state index is 0.899. The van der Waals surface area contributed by atoms with Crippen molar-refractivity contribution in [1.29, 1.82) is 0 Å². The Morgan fingerprint density at radius 3 is 2.58 bits per heavy atom. The van der Waals surface area contributed by atoms with Gasteiger partial charge in [-0.15, -0.1) is 0 Å². The van der Waals surface area contributed by atoms with Gasteiger partial charge in [-0.1, -0.05) is 13.0 Å². The normalized spacial score (nSPS) is 16.7. The van der Waals surface area contributed by atoms with Gasteiger partial charge in [0.05, 0.1) is 12.8 Å². The van der Waals surface area contributed by atoms with Gasteiger partial charge in [0, 0.05) is 32.7 Å². The fraction of sp³-hybridized carbons (Fsp3) is 0.600. The predicted octanol–water partition coefficient (Wildman–Crippen LogP) is 1.56. The van der Waals surface area contributed by atoms with Crippen LogP contribution in [0.3, 0.4) is 0 Å². The molecule has 1 aromatic rings. The van der Waals surface area contributed by atoms with E-state index in [0.29, 0.717) is 0 Å². The van der Waals surface area contributed by atoms with E-state index in [1.807, 2.05) is 0 Å². The zero-order valence-electron chi connectivity index (χ0n) is 12.3. The number of hydrogen-bond acceptors (Lipinski definition) is 4. The van der Waals surface area contributed by atoms with Crippen LogP contribution in [0.5, 0.6) is 5.75 Å². The molecule has 4 nitrogen and oxygen atoms in total. The predicted molar refractivity (Wildman–Crippen MR) is 80.1 cm³/mol. The quantitative estimate of drug-likeness (QED) is 0.872. The molecule has 19 heavy (non-hydrogen) atoms. The second-order valence-electron chi connectivity index (χ2n) is 5.08. The number of ether oxygens (including phenoxy) is 1. The Kier molecular flexibility index (Phi) is 5.05. The number of methoxy groups -OCH3 is 1. The number of piperazine rings is 1. The minimum absolute atomic E-state index is 0.899. The second kappa shape index (κ2) is 6.78. The summed E-state index contributed by atoms with van der Waals surface area (Å²) in [6.07, 6.45) is 0. The van der Waals surface area contributed by atoms with E-state index in [0.717, 1.165) is 45.0 Å². The van der Waals surface area contributed by atoms with Crippen LogP contribution in [0.1, 0.15) is 12.5 Å². The van der Waals surface area contributed by atoms with E-state index in [4.69, 9.17) is 4.74 Å². The summed E-state index contributed by atoms with van der Waals surface area (Å²) in [6, 6.07) is 6.53. The number of nitrogens with one attached hydrogen (secondary N) is 1. The molecule has 0 radical (unpaired) electrons. The molecule has 0 aliphatic carbocycles. The van der Waals surface area contributed by atoms with Gasteiger partial charge >= 0.3 is 0 Å². The van der Waals surface area contributed by atoms with E-state index in [1.165, 1.54) is 11.3 Å². The molecule has 1 fully saturated rings. The Labute approximate surface area is 116 Å². The molecular weight excluding hydrogens is 238 g/mol. The average molecular weight is 263 g/mol. The van der Waals surface area contributed by atoms with Crippen LogP contribution in [0.4, 0.5) is 5.69 Å². The van der Waals surface area contributed by atoms with Gasteiger partial charge in [0.25, 0.3) is 0 Å². The zero-order chi connectivity index (χ0) is 13.7. The van der Waals surface area contributed by atoms with E-state index < -0.39 is 0 Å². The lowest BCUT2D eigenvalue weighted by Gasteiger charge is -2.34. The summed E-state index contributed by atoms with van der Waals surface area (Å²) >= 11 is 0.